The third-order valence-electron chi connectivity index (χ3n) is 8.11. The fraction of sp³-hybridized carbons (Fsp3) is 0.714. The van der Waals surface area contributed by atoms with Crippen LogP contribution in [0.15, 0.2) is 24.3 Å². The van der Waals surface area contributed by atoms with E-state index in [-0.39, 0.29) is 41.6 Å². The third-order valence-corrected chi connectivity index (χ3v) is 8.11. The molecule has 4 amide bonds. The van der Waals surface area contributed by atoms with E-state index >= 15 is 0 Å². The highest BCUT2D eigenvalue weighted by Crippen LogP contribution is 2.28. The lowest BCUT2D eigenvalue weighted by atomic mass is 9.81. The minimum atomic E-state index is -0.596. The molecule has 1 aromatic carbocycles. The van der Waals surface area contributed by atoms with Crippen molar-refractivity contribution in [1.29, 1.82) is 0 Å². The molecule has 1 atom stereocenters. The molecule has 0 heterocycles. The lowest BCUT2D eigenvalue weighted by Gasteiger charge is -2.28. The van der Waals surface area contributed by atoms with Crippen LogP contribution in [0, 0.1) is 24.7 Å². The van der Waals surface area contributed by atoms with Crippen molar-refractivity contribution in [3.8, 4) is 0 Å². The van der Waals surface area contributed by atoms with Crippen molar-refractivity contribution >= 4 is 23.6 Å². The van der Waals surface area contributed by atoms with Crippen molar-refractivity contribution in [3.05, 3.63) is 35.4 Å². The molecule has 0 unspecified atom stereocenters. The molecule has 0 aromatic heterocycles. The zero-order chi connectivity index (χ0) is 32.3. The average Bonchev–Trinajstić information content (AvgIpc) is 2.98. The Morgan fingerprint density at radius 3 is 2.20 bits per heavy atom. The molecule has 1 fully saturated rings. The van der Waals surface area contributed by atoms with E-state index in [1.54, 1.807) is 0 Å². The summed E-state index contributed by atoms with van der Waals surface area (Å²) >= 11 is 0. The quantitative estimate of drug-likeness (QED) is 0.160. The second-order valence-corrected chi connectivity index (χ2v) is 13.1. The number of ether oxygens (including phenoxy) is 1. The van der Waals surface area contributed by atoms with Crippen molar-refractivity contribution in [2.24, 2.45) is 17.8 Å². The Kier molecular flexibility index (Phi) is 17.7. The van der Waals surface area contributed by atoms with Crippen molar-refractivity contribution in [2.75, 3.05) is 26.2 Å². The first-order chi connectivity index (χ1) is 21.0. The second kappa shape index (κ2) is 20.9. The summed E-state index contributed by atoms with van der Waals surface area (Å²) in [5, 5.41) is 12.0. The van der Waals surface area contributed by atoms with Crippen LogP contribution in [0.2, 0.25) is 0 Å². The number of hydrogen-bond acceptors (Lipinski definition) is 5. The summed E-state index contributed by atoms with van der Waals surface area (Å²) in [5.74, 6) is 0.392. The van der Waals surface area contributed by atoms with Crippen LogP contribution in [0.5, 0.6) is 0 Å². The van der Waals surface area contributed by atoms with Crippen LogP contribution in [-0.4, -0.2) is 62.0 Å². The number of rotatable bonds is 20. The van der Waals surface area contributed by atoms with Crippen molar-refractivity contribution < 1.29 is 23.9 Å². The summed E-state index contributed by atoms with van der Waals surface area (Å²) in [6, 6.07) is 7.81. The van der Waals surface area contributed by atoms with Gasteiger partial charge < -0.3 is 26.0 Å². The molecule has 4 N–H and O–H groups in total. The number of carbonyl (C=O) groups excluding carboxylic acids is 4. The topological polar surface area (TPSA) is 126 Å². The van der Waals surface area contributed by atoms with E-state index in [1.165, 1.54) is 11.1 Å². The first-order valence-corrected chi connectivity index (χ1v) is 16.8. The van der Waals surface area contributed by atoms with Gasteiger partial charge in [-0.2, -0.15) is 0 Å². The van der Waals surface area contributed by atoms with Crippen LogP contribution in [0.3, 0.4) is 0 Å². The summed E-state index contributed by atoms with van der Waals surface area (Å²) in [7, 11) is 0. The summed E-state index contributed by atoms with van der Waals surface area (Å²) in [6.45, 7) is 12.1. The molecule has 0 radical (unpaired) electrons. The van der Waals surface area contributed by atoms with Gasteiger partial charge in [-0.15, -0.1) is 0 Å². The lowest BCUT2D eigenvalue weighted by Crippen LogP contribution is -2.48. The van der Waals surface area contributed by atoms with E-state index in [1.807, 2.05) is 27.7 Å². The first kappa shape index (κ1) is 37.2. The monoisotopic (exact) mass is 614 g/mol. The number of benzene rings is 1. The fourth-order valence-electron chi connectivity index (χ4n) is 5.50. The van der Waals surface area contributed by atoms with Gasteiger partial charge in [-0.1, -0.05) is 43.7 Å². The van der Waals surface area contributed by atoms with Crippen LogP contribution >= 0.6 is 0 Å². The van der Waals surface area contributed by atoms with E-state index in [4.69, 9.17) is 4.74 Å². The lowest BCUT2D eigenvalue weighted by molar-refractivity contribution is -0.129. The highest BCUT2D eigenvalue weighted by molar-refractivity contribution is 5.87. The number of aryl methyl sites for hydroxylation is 2. The summed E-state index contributed by atoms with van der Waals surface area (Å²) in [5.41, 5.74) is 2.47. The number of unbranched alkanes of at least 4 members (excludes halogenated alkanes) is 1. The van der Waals surface area contributed by atoms with Gasteiger partial charge in [-0.05, 0) is 96.0 Å². The normalized spacial score (nSPS) is 17.2. The highest BCUT2D eigenvalue weighted by atomic mass is 16.5. The maximum Gasteiger partial charge on any atom is 0.242 e. The Hall–Kier alpha value is -2.94. The molecule has 2 rings (SSSR count). The molecular formula is C35H58N4O5. The summed E-state index contributed by atoms with van der Waals surface area (Å²) < 4.78 is 5.49. The molecule has 9 heteroatoms. The predicted octanol–water partition coefficient (Wildman–Crippen LogP) is 4.60. The zero-order valence-corrected chi connectivity index (χ0v) is 27.8. The van der Waals surface area contributed by atoms with Crippen molar-refractivity contribution in [2.45, 2.75) is 117 Å². The second-order valence-electron chi connectivity index (χ2n) is 13.1. The van der Waals surface area contributed by atoms with E-state index in [2.05, 4.69) is 52.5 Å². The van der Waals surface area contributed by atoms with Gasteiger partial charge in [-0.3, -0.25) is 19.2 Å². The molecule has 248 valence electrons. The predicted molar refractivity (Wildman–Crippen MR) is 175 cm³/mol. The van der Waals surface area contributed by atoms with Crippen molar-refractivity contribution in [1.82, 2.24) is 21.3 Å². The van der Waals surface area contributed by atoms with E-state index in [0.717, 1.165) is 44.9 Å². The molecule has 1 aliphatic rings. The van der Waals surface area contributed by atoms with Gasteiger partial charge in [0.15, 0.2) is 0 Å². The Balaban J connectivity index is 1.68. The molecule has 0 bridgehead atoms. The van der Waals surface area contributed by atoms with Gasteiger partial charge in [0.2, 0.25) is 23.6 Å². The Bertz CT molecular complexity index is 1000. The van der Waals surface area contributed by atoms with Crippen molar-refractivity contribution in [3.63, 3.8) is 0 Å². The van der Waals surface area contributed by atoms with Crippen LogP contribution in [0.1, 0.15) is 103 Å². The number of hydrogen-bond donors (Lipinski definition) is 4. The van der Waals surface area contributed by atoms with Gasteiger partial charge in [0.25, 0.3) is 0 Å². The minimum absolute atomic E-state index is 0.0118. The van der Waals surface area contributed by atoms with E-state index < -0.39 is 6.04 Å². The van der Waals surface area contributed by atoms with Crippen LogP contribution in [-0.2, 0) is 30.3 Å². The van der Waals surface area contributed by atoms with Crippen LogP contribution < -0.4 is 21.3 Å². The van der Waals surface area contributed by atoms with E-state index in [0.29, 0.717) is 57.8 Å². The van der Waals surface area contributed by atoms with Gasteiger partial charge in [-0.25, -0.2) is 0 Å². The molecule has 1 saturated carbocycles. The van der Waals surface area contributed by atoms with Gasteiger partial charge >= 0.3 is 0 Å². The largest absolute Gasteiger partial charge is 0.377 e. The van der Waals surface area contributed by atoms with E-state index in [9.17, 15) is 19.2 Å². The summed E-state index contributed by atoms with van der Waals surface area (Å²) in [4.78, 5) is 50.4. The SMILES string of the molecule is Cc1ccc(CCCC(=O)NCCCC[C@H](NC(=O)CC(C)C)C(=O)NCC2CCC(C(=O)NCCOC(C)C)CC2)cc1. The van der Waals surface area contributed by atoms with Gasteiger partial charge in [0, 0.05) is 38.4 Å². The summed E-state index contributed by atoms with van der Waals surface area (Å²) in [6.07, 6.45) is 8.06. The standard InChI is InChI=1S/C35H58N4O5/c1-25(2)23-33(41)39-31(10-6-7-20-36-32(40)11-8-9-28-14-12-27(5)13-15-28)35(43)38-24-29-16-18-30(19-17-29)34(42)37-21-22-44-26(3)4/h12-15,25-26,29-31H,6-11,16-24H2,1-5H3,(H,36,40)(H,37,42)(H,38,43)(H,39,41)/t29?,30?,31-/m0/s1. The maximum absolute atomic E-state index is 13.1. The molecule has 0 spiro atoms. The first-order valence-electron chi connectivity index (χ1n) is 16.8. The molecule has 0 aliphatic heterocycles. The molecular weight excluding hydrogens is 556 g/mol. The molecule has 9 nitrogen and oxygen atoms in total. The smallest absolute Gasteiger partial charge is 0.242 e. The minimum Gasteiger partial charge on any atom is -0.377 e. The zero-order valence-electron chi connectivity index (χ0n) is 27.8. The Morgan fingerprint density at radius 1 is 0.841 bits per heavy atom. The number of nitrogens with one attached hydrogen (secondary N) is 4. The van der Waals surface area contributed by atoms with Gasteiger partial charge in [0.1, 0.15) is 6.04 Å². The Morgan fingerprint density at radius 2 is 1.55 bits per heavy atom. The fourth-order valence-corrected chi connectivity index (χ4v) is 5.50. The number of amides is 4. The number of carbonyl (C=O) groups is 4. The van der Waals surface area contributed by atoms with Crippen LogP contribution in [0.25, 0.3) is 0 Å². The third kappa shape index (κ3) is 16.2. The van der Waals surface area contributed by atoms with Crippen LogP contribution in [0.4, 0.5) is 0 Å². The molecule has 1 aromatic rings. The molecule has 1 aliphatic carbocycles. The highest BCUT2D eigenvalue weighted by Gasteiger charge is 2.27. The van der Waals surface area contributed by atoms with Gasteiger partial charge in [0.05, 0.1) is 12.7 Å². The maximum atomic E-state index is 13.1. The Labute approximate surface area is 265 Å². The molecule has 0 saturated heterocycles. The average molecular weight is 615 g/mol. The molecule has 44 heavy (non-hydrogen) atoms.